The molecule has 0 amide bonds. The van der Waals surface area contributed by atoms with E-state index in [1.165, 1.54) is 11.8 Å². The summed E-state index contributed by atoms with van der Waals surface area (Å²) in [6, 6.07) is 6.38. The lowest BCUT2D eigenvalue weighted by Gasteiger charge is -2.18. The Morgan fingerprint density at radius 2 is 2.14 bits per heavy atom. The molecule has 3 heterocycles. The molecule has 3 aromatic rings. The number of thioether (sulfide) groups is 1. The van der Waals surface area contributed by atoms with E-state index in [-0.39, 0.29) is 0 Å². The molecular weight excluding hydrogens is 370 g/mol. The third-order valence-corrected chi connectivity index (χ3v) is 6.33. The number of aliphatic imine (C=N–C) groups is 1. The molecule has 2 unspecified atom stereocenters. The van der Waals surface area contributed by atoms with Crippen molar-refractivity contribution in [3.8, 4) is 11.1 Å². The third kappa shape index (κ3) is 3.44. The summed E-state index contributed by atoms with van der Waals surface area (Å²) in [6.07, 6.45) is 3.60. The summed E-state index contributed by atoms with van der Waals surface area (Å²) >= 11 is 1.42. The second-order valence-electron chi connectivity index (χ2n) is 7.46. The highest BCUT2D eigenvalue weighted by atomic mass is 32.2. The van der Waals surface area contributed by atoms with Crippen molar-refractivity contribution < 1.29 is 5.11 Å². The number of benzene rings is 1. The SMILES string of the molecule is CCC(C)Cc1c(-c2ccc(C3=NCC(O)S3)cc2C)c(C)nc2ncnn12. The second-order valence-corrected chi connectivity index (χ2v) is 8.62. The standard InChI is InChI=1S/C21H25N5OS/c1-5-12(2)8-17-19(14(4)25-21-23-11-24-26(17)21)16-7-6-15(9-13(16)3)20-22-10-18(27)28-20/h6-7,9,11-12,18,27H,5,8,10H2,1-4H3. The van der Waals surface area contributed by atoms with Gasteiger partial charge in [-0.15, -0.1) is 0 Å². The van der Waals surface area contributed by atoms with Gasteiger partial charge in [0.15, 0.2) is 0 Å². The maximum atomic E-state index is 9.75. The quantitative estimate of drug-likeness (QED) is 0.711. The molecular formula is C21H25N5OS. The molecule has 1 aliphatic rings. The lowest BCUT2D eigenvalue weighted by molar-refractivity contribution is 0.276. The summed E-state index contributed by atoms with van der Waals surface area (Å²) in [5.41, 5.74) is 6.22. The van der Waals surface area contributed by atoms with Crippen LogP contribution in [0.1, 0.15) is 42.8 Å². The number of aryl methyl sites for hydroxylation is 2. The van der Waals surface area contributed by atoms with Gasteiger partial charge in [0, 0.05) is 11.1 Å². The highest BCUT2D eigenvalue weighted by Gasteiger charge is 2.21. The van der Waals surface area contributed by atoms with E-state index in [2.05, 4.69) is 59.0 Å². The van der Waals surface area contributed by atoms with Gasteiger partial charge in [0.1, 0.15) is 16.8 Å². The van der Waals surface area contributed by atoms with E-state index >= 15 is 0 Å². The molecule has 7 heteroatoms. The molecule has 28 heavy (non-hydrogen) atoms. The van der Waals surface area contributed by atoms with Crippen LogP contribution in [0.25, 0.3) is 16.9 Å². The van der Waals surface area contributed by atoms with Crippen molar-refractivity contribution in [1.82, 2.24) is 19.6 Å². The topological polar surface area (TPSA) is 75.7 Å². The average molecular weight is 396 g/mol. The van der Waals surface area contributed by atoms with Crippen LogP contribution in [0.3, 0.4) is 0 Å². The highest BCUT2D eigenvalue weighted by molar-refractivity contribution is 8.15. The lowest BCUT2D eigenvalue weighted by atomic mass is 9.92. The second kappa shape index (κ2) is 7.64. The molecule has 2 atom stereocenters. The normalized spacial score (nSPS) is 17.9. The summed E-state index contributed by atoms with van der Waals surface area (Å²) in [7, 11) is 0. The van der Waals surface area contributed by atoms with Crippen LogP contribution in [0.2, 0.25) is 0 Å². The molecule has 0 spiro atoms. The zero-order valence-electron chi connectivity index (χ0n) is 16.7. The summed E-state index contributed by atoms with van der Waals surface area (Å²) in [5.74, 6) is 1.19. The number of aliphatic hydroxyl groups excluding tert-OH is 1. The van der Waals surface area contributed by atoms with Gasteiger partial charge in [-0.3, -0.25) is 4.99 Å². The molecule has 2 aromatic heterocycles. The van der Waals surface area contributed by atoms with Gasteiger partial charge in [-0.1, -0.05) is 44.2 Å². The van der Waals surface area contributed by atoms with Crippen molar-refractivity contribution in [2.24, 2.45) is 10.9 Å². The summed E-state index contributed by atoms with van der Waals surface area (Å²) in [4.78, 5) is 13.4. The Morgan fingerprint density at radius 1 is 1.32 bits per heavy atom. The maximum Gasteiger partial charge on any atom is 0.252 e. The number of aromatic nitrogens is 4. The van der Waals surface area contributed by atoms with Crippen LogP contribution in [0.4, 0.5) is 0 Å². The fourth-order valence-electron chi connectivity index (χ4n) is 3.64. The van der Waals surface area contributed by atoms with Crippen LogP contribution >= 0.6 is 11.8 Å². The summed E-state index contributed by atoms with van der Waals surface area (Å²) < 4.78 is 1.88. The van der Waals surface area contributed by atoms with Gasteiger partial charge < -0.3 is 5.11 Å². The predicted octanol–water partition coefficient (Wildman–Crippen LogP) is 3.81. The van der Waals surface area contributed by atoms with E-state index < -0.39 is 5.44 Å². The van der Waals surface area contributed by atoms with E-state index in [1.54, 1.807) is 6.33 Å². The van der Waals surface area contributed by atoms with Gasteiger partial charge in [0.05, 0.1) is 17.9 Å². The molecule has 0 fully saturated rings. The van der Waals surface area contributed by atoms with E-state index in [4.69, 9.17) is 0 Å². The van der Waals surface area contributed by atoms with Gasteiger partial charge in [0.25, 0.3) is 5.78 Å². The minimum absolute atomic E-state index is 0.432. The Hall–Kier alpha value is -2.25. The van der Waals surface area contributed by atoms with Crippen molar-refractivity contribution in [3.63, 3.8) is 0 Å². The number of hydrogen-bond donors (Lipinski definition) is 1. The van der Waals surface area contributed by atoms with Crippen molar-refractivity contribution in [2.75, 3.05) is 6.54 Å². The molecule has 1 aliphatic heterocycles. The maximum absolute atomic E-state index is 9.75. The first-order valence-electron chi connectivity index (χ1n) is 9.67. The van der Waals surface area contributed by atoms with Crippen LogP contribution in [-0.4, -0.2) is 41.7 Å². The van der Waals surface area contributed by atoms with E-state index in [1.807, 2.05) is 11.4 Å². The Labute approximate surface area is 169 Å². The summed E-state index contributed by atoms with van der Waals surface area (Å²) in [5, 5.41) is 15.1. The van der Waals surface area contributed by atoms with Crippen molar-refractivity contribution in [1.29, 1.82) is 0 Å². The van der Waals surface area contributed by atoms with Gasteiger partial charge >= 0.3 is 0 Å². The molecule has 1 aromatic carbocycles. The minimum atomic E-state index is -0.432. The fourth-order valence-corrected chi connectivity index (χ4v) is 4.46. The molecule has 1 N–H and O–H groups in total. The molecule has 0 aliphatic carbocycles. The highest BCUT2D eigenvalue weighted by Crippen LogP contribution is 2.33. The van der Waals surface area contributed by atoms with Crippen LogP contribution in [-0.2, 0) is 6.42 Å². The van der Waals surface area contributed by atoms with E-state index in [0.29, 0.717) is 18.2 Å². The van der Waals surface area contributed by atoms with Gasteiger partial charge in [-0.2, -0.15) is 10.1 Å². The first-order valence-corrected chi connectivity index (χ1v) is 10.6. The Balaban J connectivity index is 1.84. The first kappa shape index (κ1) is 19.1. The summed E-state index contributed by atoms with van der Waals surface area (Å²) in [6.45, 7) is 9.11. The number of hydrogen-bond acceptors (Lipinski definition) is 6. The van der Waals surface area contributed by atoms with Gasteiger partial charge in [0.2, 0.25) is 0 Å². The molecule has 0 radical (unpaired) electrons. The monoisotopic (exact) mass is 395 g/mol. The van der Waals surface area contributed by atoms with Crippen LogP contribution in [0.5, 0.6) is 0 Å². The largest absolute Gasteiger partial charge is 0.380 e. The van der Waals surface area contributed by atoms with Gasteiger partial charge in [-0.05, 0) is 43.4 Å². The zero-order chi connectivity index (χ0) is 19.8. The Bertz CT molecular complexity index is 1060. The number of aliphatic hydroxyl groups is 1. The van der Waals surface area contributed by atoms with Crippen LogP contribution < -0.4 is 0 Å². The van der Waals surface area contributed by atoms with E-state index in [0.717, 1.165) is 51.5 Å². The third-order valence-electron chi connectivity index (χ3n) is 5.32. The molecule has 6 nitrogen and oxygen atoms in total. The number of rotatable bonds is 5. The molecule has 4 rings (SSSR count). The van der Waals surface area contributed by atoms with Crippen molar-refractivity contribution in [2.45, 2.75) is 46.0 Å². The number of fused-ring (bicyclic) bond motifs is 1. The molecule has 146 valence electrons. The Morgan fingerprint density at radius 3 is 2.82 bits per heavy atom. The Kier molecular flexibility index (Phi) is 5.21. The minimum Gasteiger partial charge on any atom is -0.380 e. The van der Waals surface area contributed by atoms with Crippen LogP contribution in [0.15, 0.2) is 29.5 Å². The van der Waals surface area contributed by atoms with Crippen molar-refractivity contribution in [3.05, 3.63) is 47.0 Å². The van der Waals surface area contributed by atoms with Crippen molar-refractivity contribution >= 4 is 22.6 Å². The zero-order valence-corrected chi connectivity index (χ0v) is 17.5. The van der Waals surface area contributed by atoms with Gasteiger partial charge in [-0.25, -0.2) is 9.50 Å². The molecule has 0 saturated heterocycles. The average Bonchev–Trinajstić information content (AvgIpc) is 3.31. The fraction of sp³-hybridized carbons (Fsp3) is 0.429. The number of nitrogens with zero attached hydrogens (tertiary/aromatic N) is 5. The first-order chi connectivity index (χ1) is 13.5. The van der Waals surface area contributed by atoms with E-state index in [9.17, 15) is 5.11 Å². The lowest BCUT2D eigenvalue weighted by Crippen LogP contribution is -2.11. The van der Waals surface area contributed by atoms with Crippen LogP contribution in [0, 0.1) is 19.8 Å². The molecule has 0 bridgehead atoms. The smallest absolute Gasteiger partial charge is 0.252 e. The predicted molar refractivity (Wildman–Crippen MR) is 114 cm³/mol. The molecule has 0 saturated carbocycles.